The van der Waals surface area contributed by atoms with Gasteiger partial charge in [-0.15, -0.1) is 0 Å². The molecule has 1 amide bonds. The Balaban J connectivity index is 1.49. The fourth-order valence-corrected chi connectivity index (χ4v) is 2.84. The van der Waals surface area contributed by atoms with E-state index in [0.29, 0.717) is 46.9 Å². The Morgan fingerprint density at radius 1 is 1.19 bits per heavy atom. The molecule has 7 nitrogen and oxygen atoms in total. The first-order valence-electron chi connectivity index (χ1n) is 8.41. The molecule has 144 valence electrons. The van der Waals surface area contributed by atoms with Crippen LogP contribution < -0.4 is 29.6 Å². The highest BCUT2D eigenvalue weighted by atomic mass is 35.5. The molecule has 8 heteroatoms. The maximum absolute atomic E-state index is 12.1. The van der Waals surface area contributed by atoms with Crippen LogP contribution in [-0.2, 0) is 4.79 Å². The van der Waals surface area contributed by atoms with Gasteiger partial charge in [-0.25, -0.2) is 0 Å². The number of fused-ring (bicyclic) bond motifs is 1. The van der Waals surface area contributed by atoms with E-state index < -0.39 is 0 Å². The van der Waals surface area contributed by atoms with Gasteiger partial charge in [0.15, 0.2) is 23.0 Å². The summed E-state index contributed by atoms with van der Waals surface area (Å²) in [5.74, 6) is 2.25. The van der Waals surface area contributed by atoms with E-state index in [2.05, 4.69) is 10.6 Å². The third-order valence-electron chi connectivity index (χ3n) is 4.01. The first-order valence-corrected chi connectivity index (χ1v) is 8.79. The molecule has 27 heavy (non-hydrogen) atoms. The minimum absolute atomic E-state index is 0.0549. The maximum atomic E-state index is 12.1. The third kappa shape index (κ3) is 4.68. The zero-order valence-corrected chi connectivity index (χ0v) is 15.8. The minimum Gasteiger partial charge on any atom is -0.493 e. The van der Waals surface area contributed by atoms with Crippen LogP contribution in [0.1, 0.15) is 0 Å². The van der Waals surface area contributed by atoms with Gasteiger partial charge in [0.2, 0.25) is 5.91 Å². The highest BCUT2D eigenvalue weighted by Crippen LogP contribution is 2.36. The molecule has 0 aliphatic carbocycles. The second-order valence-electron chi connectivity index (χ2n) is 5.84. The Morgan fingerprint density at radius 2 is 1.89 bits per heavy atom. The summed E-state index contributed by atoms with van der Waals surface area (Å²) >= 11 is 6.20. The molecule has 0 aromatic heterocycles. The normalized spacial score (nSPS) is 15.0. The van der Waals surface area contributed by atoms with Crippen molar-refractivity contribution in [1.29, 1.82) is 0 Å². The number of nitrogens with one attached hydrogen (secondary N) is 2. The number of hydrogen-bond acceptors (Lipinski definition) is 6. The highest BCUT2D eigenvalue weighted by Gasteiger charge is 2.21. The lowest BCUT2D eigenvalue weighted by Gasteiger charge is -2.26. The van der Waals surface area contributed by atoms with E-state index in [1.807, 2.05) is 24.3 Å². The molecule has 3 rings (SSSR count). The summed E-state index contributed by atoms with van der Waals surface area (Å²) in [4.78, 5) is 12.1. The van der Waals surface area contributed by atoms with Crippen LogP contribution in [0.15, 0.2) is 36.4 Å². The summed E-state index contributed by atoms with van der Waals surface area (Å²) in [6, 6.07) is 10.8. The van der Waals surface area contributed by atoms with Crippen LogP contribution in [0.25, 0.3) is 0 Å². The lowest BCUT2D eigenvalue weighted by Crippen LogP contribution is -2.42. The molecule has 2 N–H and O–H groups in total. The van der Waals surface area contributed by atoms with Crippen molar-refractivity contribution in [1.82, 2.24) is 5.32 Å². The smallest absolute Gasteiger partial charge is 0.239 e. The van der Waals surface area contributed by atoms with Crippen LogP contribution in [0.5, 0.6) is 23.0 Å². The molecule has 2 aromatic rings. The number of hydrogen-bond donors (Lipinski definition) is 2. The van der Waals surface area contributed by atoms with E-state index in [-0.39, 0.29) is 18.6 Å². The lowest BCUT2D eigenvalue weighted by atomic mass is 10.2. The molecular formula is C19H21ClN2O5. The van der Waals surface area contributed by atoms with Crippen molar-refractivity contribution < 1.29 is 23.7 Å². The molecule has 0 saturated carbocycles. The zero-order chi connectivity index (χ0) is 19.2. The van der Waals surface area contributed by atoms with Crippen LogP contribution in [0.2, 0.25) is 5.02 Å². The van der Waals surface area contributed by atoms with Gasteiger partial charge in [0, 0.05) is 12.1 Å². The molecule has 0 bridgehead atoms. The predicted molar refractivity (Wildman–Crippen MR) is 102 cm³/mol. The van der Waals surface area contributed by atoms with E-state index in [9.17, 15) is 4.79 Å². The largest absolute Gasteiger partial charge is 0.493 e. The van der Waals surface area contributed by atoms with E-state index in [4.69, 9.17) is 30.5 Å². The van der Waals surface area contributed by atoms with Crippen LogP contribution in [0.3, 0.4) is 0 Å². The van der Waals surface area contributed by atoms with Gasteiger partial charge < -0.3 is 29.6 Å². The highest BCUT2D eigenvalue weighted by molar-refractivity contribution is 6.33. The fraction of sp³-hybridized carbons (Fsp3) is 0.316. The molecule has 0 radical (unpaired) electrons. The molecular weight excluding hydrogens is 372 g/mol. The number of halogens is 1. The number of methoxy groups -OCH3 is 2. The van der Waals surface area contributed by atoms with E-state index in [0.717, 1.165) is 0 Å². The van der Waals surface area contributed by atoms with Gasteiger partial charge in [-0.05, 0) is 12.1 Å². The van der Waals surface area contributed by atoms with Crippen molar-refractivity contribution in [3.05, 3.63) is 41.4 Å². The summed E-state index contributed by atoms with van der Waals surface area (Å²) in [5.41, 5.74) is 0.579. The molecule has 0 spiro atoms. The number of amides is 1. The maximum Gasteiger partial charge on any atom is 0.239 e. The second-order valence-corrected chi connectivity index (χ2v) is 6.25. The van der Waals surface area contributed by atoms with Gasteiger partial charge in [-0.3, -0.25) is 4.79 Å². The summed E-state index contributed by atoms with van der Waals surface area (Å²) in [5, 5.41) is 6.24. The molecule has 1 heterocycles. The van der Waals surface area contributed by atoms with Crippen molar-refractivity contribution in [3.8, 4) is 23.0 Å². The van der Waals surface area contributed by atoms with Crippen molar-refractivity contribution >= 4 is 23.2 Å². The van der Waals surface area contributed by atoms with Crippen LogP contribution in [0.4, 0.5) is 5.69 Å². The van der Waals surface area contributed by atoms with Crippen molar-refractivity contribution in [2.24, 2.45) is 0 Å². The number of ether oxygens (including phenoxy) is 4. The molecule has 0 fully saturated rings. The monoisotopic (exact) mass is 392 g/mol. The van der Waals surface area contributed by atoms with Gasteiger partial charge in [0.1, 0.15) is 12.7 Å². The molecule has 1 aliphatic heterocycles. The third-order valence-corrected chi connectivity index (χ3v) is 4.32. The first kappa shape index (κ1) is 19.0. The molecule has 1 atom stereocenters. The van der Waals surface area contributed by atoms with Gasteiger partial charge in [0.25, 0.3) is 0 Å². The quantitative estimate of drug-likeness (QED) is 0.754. The van der Waals surface area contributed by atoms with Gasteiger partial charge in [-0.1, -0.05) is 23.7 Å². The molecule has 0 unspecified atom stereocenters. The van der Waals surface area contributed by atoms with Crippen molar-refractivity contribution in [3.63, 3.8) is 0 Å². The standard InChI is InChI=1S/C19H21ClN2O5/c1-24-17-7-13(20)14(8-18(17)25-2)21-10-19(23)22-9-12-11-26-15-5-3-4-6-16(15)27-12/h3-8,12,21H,9-11H2,1-2H3,(H,22,23)/t12-/m1/s1. The first-order chi connectivity index (χ1) is 13.1. The Hall–Kier alpha value is -2.80. The molecule has 1 aliphatic rings. The summed E-state index contributed by atoms with van der Waals surface area (Å²) in [6.07, 6.45) is -0.242. The molecule has 0 saturated heterocycles. The lowest BCUT2D eigenvalue weighted by molar-refractivity contribution is -0.119. The van der Waals surface area contributed by atoms with E-state index >= 15 is 0 Å². The van der Waals surface area contributed by atoms with Gasteiger partial charge >= 0.3 is 0 Å². The number of carbonyl (C=O) groups is 1. The van der Waals surface area contributed by atoms with E-state index in [1.54, 1.807) is 12.1 Å². The average molecular weight is 393 g/mol. The van der Waals surface area contributed by atoms with Crippen LogP contribution in [-0.4, -0.2) is 45.9 Å². The average Bonchev–Trinajstić information content (AvgIpc) is 2.70. The Morgan fingerprint density at radius 3 is 2.63 bits per heavy atom. The number of anilines is 1. The number of rotatable bonds is 7. The Bertz CT molecular complexity index is 815. The van der Waals surface area contributed by atoms with Gasteiger partial charge in [-0.2, -0.15) is 0 Å². The predicted octanol–water partition coefficient (Wildman–Crippen LogP) is 2.73. The van der Waals surface area contributed by atoms with E-state index in [1.165, 1.54) is 14.2 Å². The zero-order valence-electron chi connectivity index (χ0n) is 15.1. The van der Waals surface area contributed by atoms with Crippen LogP contribution >= 0.6 is 11.6 Å². The summed E-state index contributed by atoms with van der Waals surface area (Å²) in [6.45, 7) is 0.778. The topological polar surface area (TPSA) is 78.1 Å². The van der Waals surface area contributed by atoms with Crippen molar-refractivity contribution in [2.75, 3.05) is 39.2 Å². The number of carbonyl (C=O) groups excluding carboxylic acids is 1. The number of para-hydroxylation sites is 2. The minimum atomic E-state index is -0.242. The van der Waals surface area contributed by atoms with Crippen LogP contribution in [0, 0.1) is 0 Å². The SMILES string of the molecule is COc1cc(Cl)c(NCC(=O)NC[C@@H]2COc3ccccc3O2)cc1OC. The summed E-state index contributed by atoms with van der Waals surface area (Å²) in [7, 11) is 3.07. The Labute approximate surface area is 162 Å². The number of benzene rings is 2. The fourth-order valence-electron chi connectivity index (χ4n) is 2.62. The summed E-state index contributed by atoms with van der Waals surface area (Å²) < 4.78 is 21.9. The Kier molecular flexibility index (Phi) is 6.13. The molecule has 2 aromatic carbocycles. The van der Waals surface area contributed by atoms with Crippen molar-refractivity contribution in [2.45, 2.75) is 6.10 Å². The van der Waals surface area contributed by atoms with Gasteiger partial charge in [0.05, 0.1) is 38.0 Å². The second kappa shape index (κ2) is 8.73.